The fraction of sp³-hybridized carbons (Fsp3) is 0.625. The van der Waals surface area contributed by atoms with Gasteiger partial charge in [0.1, 0.15) is 5.60 Å². The lowest BCUT2D eigenvalue weighted by molar-refractivity contribution is 0.0289. The molecule has 1 amide bonds. The van der Waals surface area contributed by atoms with Gasteiger partial charge in [0, 0.05) is 19.3 Å². The number of aromatic nitrogens is 1. The van der Waals surface area contributed by atoms with Crippen LogP contribution < -0.4 is 0 Å². The number of carbonyl (C=O) groups excluding carboxylic acids is 1. The van der Waals surface area contributed by atoms with Crippen molar-refractivity contribution >= 4 is 15.9 Å². The van der Waals surface area contributed by atoms with Crippen molar-refractivity contribution in [2.45, 2.75) is 38.5 Å². The van der Waals surface area contributed by atoms with E-state index in [0.29, 0.717) is 25.2 Å². The van der Waals surface area contributed by atoms with Crippen molar-refractivity contribution in [3.63, 3.8) is 0 Å². The zero-order chi connectivity index (χ0) is 17.1. The second-order valence-electron chi connectivity index (χ2n) is 6.96. The molecule has 0 aromatic carbocycles. The SMILES string of the molecule is CC(C)(C)OC(=O)N1CC[C@H](CS(=O)(=O)Cc2ccccn2)C1. The summed E-state index contributed by atoms with van der Waals surface area (Å²) >= 11 is 0. The molecule has 1 atom stereocenters. The van der Waals surface area contributed by atoms with E-state index in [1.165, 1.54) is 0 Å². The second-order valence-corrected chi connectivity index (χ2v) is 9.07. The van der Waals surface area contributed by atoms with Crippen molar-refractivity contribution in [2.75, 3.05) is 18.8 Å². The highest BCUT2D eigenvalue weighted by atomic mass is 32.2. The Morgan fingerprint density at radius 3 is 2.74 bits per heavy atom. The summed E-state index contributed by atoms with van der Waals surface area (Å²) in [7, 11) is -3.24. The number of rotatable bonds is 4. The van der Waals surface area contributed by atoms with E-state index in [4.69, 9.17) is 4.74 Å². The van der Waals surface area contributed by atoms with E-state index >= 15 is 0 Å². The summed E-state index contributed by atoms with van der Waals surface area (Å²) in [6.45, 7) is 6.41. The van der Waals surface area contributed by atoms with Gasteiger partial charge in [-0.05, 0) is 45.2 Å². The van der Waals surface area contributed by atoms with E-state index < -0.39 is 15.4 Å². The molecule has 1 fully saturated rings. The fourth-order valence-corrected chi connectivity index (χ4v) is 4.32. The molecule has 0 spiro atoms. The maximum absolute atomic E-state index is 12.3. The van der Waals surface area contributed by atoms with Crippen molar-refractivity contribution in [3.05, 3.63) is 30.1 Å². The largest absolute Gasteiger partial charge is 0.444 e. The number of sulfone groups is 1. The Kier molecular flexibility index (Phi) is 5.29. The summed E-state index contributed by atoms with van der Waals surface area (Å²) in [5, 5.41) is 0. The number of pyridine rings is 1. The van der Waals surface area contributed by atoms with Crippen molar-refractivity contribution < 1.29 is 17.9 Å². The minimum Gasteiger partial charge on any atom is -0.444 e. The quantitative estimate of drug-likeness (QED) is 0.840. The van der Waals surface area contributed by atoms with E-state index in [0.717, 1.165) is 0 Å². The van der Waals surface area contributed by atoms with Gasteiger partial charge in [-0.25, -0.2) is 13.2 Å². The van der Waals surface area contributed by atoms with Crippen LogP contribution in [0.1, 0.15) is 32.9 Å². The predicted molar refractivity (Wildman–Crippen MR) is 87.6 cm³/mol. The van der Waals surface area contributed by atoms with E-state index in [1.807, 2.05) is 20.8 Å². The monoisotopic (exact) mass is 340 g/mol. The van der Waals surface area contributed by atoms with Gasteiger partial charge in [0.2, 0.25) is 0 Å². The van der Waals surface area contributed by atoms with Gasteiger partial charge >= 0.3 is 6.09 Å². The molecule has 23 heavy (non-hydrogen) atoms. The second kappa shape index (κ2) is 6.86. The number of carbonyl (C=O) groups is 1. The molecular weight excluding hydrogens is 316 g/mol. The third-order valence-corrected chi connectivity index (χ3v) is 5.24. The molecule has 7 heteroatoms. The first-order valence-electron chi connectivity index (χ1n) is 7.73. The van der Waals surface area contributed by atoms with Gasteiger partial charge in [0.25, 0.3) is 0 Å². The number of likely N-dealkylation sites (tertiary alicyclic amines) is 1. The lowest BCUT2D eigenvalue weighted by Gasteiger charge is -2.24. The van der Waals surface area contributed by atoms with Gasteiger partial charge in [-0.3, -0.25) is 4.98 Å². The maximum atomic E-state index is 12.3. The van der Waals surface area contributed by atoms with Crippen LogP contribution >= 0.6 is 0 Å². The average Bonchev–Trinajstić information content (AvgIpc) is 2.85. The Balaban J connectivity index is 1.88. The highest BCUT2D eigenvalue weighted by Gasteiger charge is 2.32. The van der Waals surface area contributed by atoms with E-state index in [2.05, 4.69) is 4.98 Å². The van der Waals surface area contributed by atoms with Crippen LogP contribution in [0.25, 0.3) is 0 Å². The van der Waals surface area contributed by atoms with Crippen LogP contribution in [0.15, 0.2) is 24.4 Å². The number of nitrogens with zero attached hydrogens (tertiary/aromatic N) is 2. The van der Waals surface area contributed by atoms with Gasteiger partial charge < -0.3 is 9.64 Å². The van der Waals surface area contributed by atoms with Crippen molar-refractivity contribution in [1.29, 1.82) is 0 Å². The molecule has 0 aliphatic carbocycles. The molecule has 0 saturated carbocycles. The zero-order valence-electron chi connectivity index (χ0n) is 13.9. The van der Waals surface area contributed by atoms with E-state index in [1.54, 1.807) is 29.3 Å². The number of amides is 1. The molecule has 1 aromatic heterocycles. The molecule has 128 valence electrons. The summed E-state index contributed by atoms with van der Waals surface area (Å²) in [6.07, 6.45) is 1.90. The molecule has 1 aliphatic heterocycles. The summed E-state index contributed by atoms with van der Waals surface area (Å²) in [5.41, 5.74) is 0.00902. The van der Waals surface area contributed by atoms with Crippen molar-refractivity contribution in [1.82, 2.24) is 9.88 Å². The summed E-state index contributed by atoms with van der Waals surface area (Å²) in [5.74, 6) is -0.0316. The van der Waals surface area contributed by atoms with Gasteiger partial charge in [-0.1, -0.05) is 6.07 Å². The highest BCUT2D eigenvalue weighted by molar-refractivity contribution is 7.90. The normalized spacial score (nSPS) is 18.9. The molecule has 1 saturated heterocycles. The Bertz CT molecular complexity index is 638. The van der Waals surface area contributed by atoms with E-state index in [9.17, 15) is 13.2 Å². The van der Waals surface area contributed by atoms with Crippen LogP contribution in [-0.2, 0) is 20.3 Å². The number of hydrogen-bond acceptors (Lipinski definition) is 5. The third-order valence-electron chi connectivity index (χ3n) is 3.52. The first kappa shape index (κ1) is 17.7. The van der Waals surface area contributed by atoms with Gasteiger partial charge in [-0.2, -0.15) is 0 Å². The lowest BCUT2D eigenvalue weighted by Crippen LogP contribution is -2.35. The lowest BCUT2D eigenvalue weighted by atomic mass is 10.2. The maximum Gasteiger partial charge on any atom is 0.410 e. The molecule has 6 nitrogen and oxygen atoms in total. The van der Waals surface area contributed by atoms with Crippen LogP contribution in [0.3, 0.4) is 0 Å². The van der Waals surface area contributed by atoms with E-state index in [-0.39, 0.29) is 23.5 Å². The molecule has 0 bridgehead atoms. The Morgan fingerprint density at radius 2 is 2.13 bits per heavy atom. The predicted octanol–water partition coefficient (Wildman–Crippen LogP) is 2.25. The molecule has 1 aliphatic rings. The zero-order valence-corrected chi connectivity index (χ0v) is 14.7. The van der Waals surface area contributed by atoms with Gasteiger partial charge in [-0.15, -0.1) is 0 Å². The van der Waals surface area contributed by atoms with Crippen LogP contribution in [0, 0.1) is 5.92 Å². The minimum atomic E-state index is -3.24. The van der Waals surface area contributed by atoms with Crippen LogP contribution in [0.2, 0.25) is 0 Å². The molecule has 0 radical (unpaired) electrons. The highest BCUT2D eigenvalue weighted by Crippen LogP contribution is 2.21. The first-order valence-corrected chi connectivity index (χ1v) is 9.55. The summed E-state index contributed by atoms with van der Waals surface area (Å²) < 4.78 is 29.9. The fourth-order valence-electron chi connectivity index (χ4n) is 2.59. The average molecular weight is 340 g/mol. The molecular formula is C16H24N2O4S. The summed E-state index contributed by atoms with van der Waals surface area (Å²) in [6, 6.07) is 5.24. The Hall–Kier alpha value is -1.63. The van der Waals surface area contributed by atoms with Crippen LogP contribution in [0.5, 0.6) is 0 Å². The number of ether oxygens (including phenoxy) is 1. The van der Waals surface area contributed by atoms with Gasteiger partial charge in [0.15, 0.2) is 9.84 Å². The third kappa shape index (κ3) is 5.82. The molecule has 1 aromatic rings. The molecule has 0 unspecified atom stereocenters. The van der Waals surface area contributed by atoms with Crippen LogP contribution in [-0.4, -0.2) is 48.8 Å². The number of hydrogen-bond donors (Lipinski definition) is 0. The minimum absolute atomic E-state index is 0.0452. The standard InChI is InChI=1S/C16H24N2O4S/c1-16(2,3)22-15(19)18-9-7-13(10-18)11-23(20,21)12-14-6-4-5-8-17-14/h4-6,8,13H,7,9-12H2,1-3H3/t13-/m0/s1. The first-order chi connectivity index (χ1) is 10.6. The Labute approximate surface area is 137 Å². The topological polar surface area (TPSA) is 76.6 Å². The van der Waals surface area contributed by atoms with Crippen LogP contribution in [0.4, 0.5) is 4.79 Å². The molecule has 2 rings (SSSR count). The molecule has 0 N–H and O–H groups in total. The van der Waals surface area contributed by atoms with Crippen molar-refractivity contribution in [2.24, 2.45) is 5.92 Å². The van der Waals surface area contributed by atoms with Crippen molar-refractivity contribution in [3.8, 4) is 0 Å². The Morgan fingerprint density at radius 1 is 1.39 bits per heavy atom. The smallest absolute Gasteiger partial charge is 0.410 e. The summed E-state index contributed by atoms with van der Waals surface area (Å²) in [4.78, 5) is 17.7. The van der Waals surface area contributed by atoms with Gasteiger partial charge in [0.05, 0.1) is 17.2 Å². The molecule has 2 heterocycles.